The zero-order chi connectivity index (χ0) is 13.8. The van der Waals surface area contributed by atoms with E-state index in [4.69, 9.17) is 0 Å². The number of hydrogen-bond donors (Lipinski definition) is 2. The molecule has 1 heterocycles. The van der Waals surface area contributed by atoms with Crippen LogP contribution < -0.4 is 5.32 Å². The summed E-state index contributed by atoms with van der Waals surface area (Å²) in [4.78, 5) is 0. The maximum Gasteiger partial charge on any atom is 0.0943 e. The van der Waals surface area contributed by atoms with Crippen molar-refractivity contribution in [1.82, 2.24) is 5.32 Å². The lowest BCUT2D eigenvalue weighted by molar-refractivity contribution is 0.108. The molecule has 2 aromatic carbocycles. The standard InChI is InChI=1S/C18H21NO/c20-18(15-9-5-2-6-10-15)17-13-16(11-12-19-17)14-7-3-1-4-8-14/h1-10,16-20H,11-13H2/t16?,17-,18+/m0/s1. The van der Waals surface area contributed by atoms with Gasteiger partial charge in [0, 0.05) is 6.04 Å². The quantitative estimate of drug-likeness (QED) is 0.894. The molecule has 0 amide bonds. The first-order chi connectivity index (χ1) is 9.84. The number of aliphatic hydroxyl groups is 1. The lowest BCUT2D eigenvalue weighted by Crippen LogP contribution is -2.41. The maximum absolute atomic E-state index is 10.5. The Hall–Kier alpha value is -1.64. The Balaban J connectivity index is 1.72. The van der Waals surface area contributed by atoms with E-state index in [1.165, 1.54) is 5.56 Å². The van der Waals surface area contributed by atoms with E-state index >= 15 is 0 Å². The van der Waals surface area contributed by atoms with Crippen LogP contribution in [-0.2, 0) is 0 Å². The summed E-state index contributed by atoms with van der Waals surface area (Å²) in [6.45, 7) is 0.966. The van der Waals surface area contributed by atoms with E-state index in [1.54, 1.807) is 0 Å². The van der Waals surface area contributed by atoms with Gasteiger partial charge < -0.3 is 10.4 Å². The Morgan fingerprint density at radius 3 is 2.30 bits per heavy atom. The second kappa shape index (κ2) is 6.21. The monoisotopic (exact) mass is 267 g/mol. The molecular formula is C18H21NO. The van der Waals surface area contributed by atoms with Crippen LogP contribution in [0.25, 0.3) is 0 Å². The van der Waals surface area contributed by atoms with Crippen LogP contribution in [0.4, 0.5) is 0 Å². The van der Waals surface area contributed by atoms with Gasteiger partial charge in [-0.25, -0.2) is 0 Å². The number of piperidine rings is 1. The molecule has 104 valence electrons. The van der Waals surface area contributed by atoms with Crippen LogP contribution in [0.15, 0.2) is 60.7 Å². The third-order valence-electron chi connectivity index (χ3n) is 4.23. The van der Waals surface area contributed by atoms with Gasteiger partial charge in [-0.15, -0.1) is 0 Å². The van der Waals surface area contributed by atoms with E-state index < -0.39 is 6.10 Å². The molecule has 1 aliphatic heterocycles. The molecular weight excluding hydrogens is 246 g/mol. The number of nitrogens with one attached hydrogen (secondary N) is 1. The Kier molecular flexibility index (Phi) is 4.14. The smallest absolute Gasteiger partial charge is 0.0943 e. The van der Waals surface area contributed by atoms with E-state index in [-0.39, 0.29) is 6.04 Å². The lowest BCUT2D eigenvalue weighted by atomic mass is 9.83. The first kappa shape index (κ1) is 13.3. The van der Waals surface area contributed by atoms with Gasteiger partial charge in [0.2, 0.25) is 0 Å². The van der Waals surface area contributed by atoms with Crippen molar-refractivity contribution in [3.05, 3.63) is 71.8 Å². The predicted octanol–water partition coefficient (Wildman–Crippen LogP) is 3.26. The highest BCUT2D eigenvalue weighted by molar-refractivity contribution is 5.23. The molecule has 3 atom stereocenters. The van der Waals surface area contributed by atoms with E-state index in [0.29, 0.717) is 5.92 Å². The first-order valence-corrected chi connectivity index (χ1v) is 7.36. The summed E-state index contributed by atoms with van der Waals surface area (Å²) in [6, 6.07) is 20.7. The molecule has 0 radical (unpaired) electrons. The van der Waals surface area contributed by atoms with Crippen LogP contribution >= 0.6 is 0 Å². The lowest BCUT2D eigenvalue weighted by Gasteiger charge is -2.33. The van der Waals surface area contributed by atoms with E-state index in [2.05, 4.69) is 35.6 Å². The molecule has 0 aromatic heterocycles. The van der Waals surface area contributed by atoms with Gasteiger partial charge in [-0.05, 0) is 36.4 Å². The van der Waals surface area contributed by atoms with Gasteiger partial charge in [-0.3, -0.25) is 0 Å². The minimum atomic E-state index is -0.428. The number of aliphatic hydroxyl groups excluding tert-OH is 1. The molecule has 2 aromatic rings. The van der Waals surface area contributed by atoms with Crippen molar-refractivity contribution in [3.8, 4) is 0 Å². The molecule has 0 saturated carbocycles. The van der Waals surface area contributed by atoms with Crippen LogP contribution in [0, 0.1) is 0 Å². The Bertz CT molecular complexity index is 488. The van der Waals surface area contributed by atoms with Crippen molar-refractivity contribution < 1.29 is 5.11 Å². The van der Waals surface area contributed by atoms with Crippen LogP contribution in [0.3, 0.4) is 0 Å². The number of hydrogen-bond acceptors (Lipinski definition) is 2. The summed E-state index contributed by atoms with van der Waals surface area (Å²) in [6.07, 6.45) is 1.70. The third kappa shape index (κ3) is 2.92. The fraction of sp³-hybridized carbons (Fsp3) is 0.333. The normalized spacial score (nSPS) is 24.2. The highest BCUT2D eigenvalue weighted by Crippen LogP contribution is 2.32. The molecule has 3 rings (SSSR count). The summed E-state index contributed by atoms with van der Waals surface area (Å²) in [7, 11) is 0. The zero-order valence-corrected chi connectivity index (χ0v) is 11.6. The van der Waals surface area contributed by atoms with Gasteiger partial charge in [0.15, 0.2) is 0 Å². The fourth-order valence-electron chi connectivity index (χ4n) is 3.10. The van der Waals surface area contributed by atoms with Crippen LogP contribution in [0.5, 0.6) is 0 Å². The topological polar surface area (TPSA) is 32.3 Å². The van der Waals surface area contributed by atoms with E-state index in [9.17, 15) is 5.11 Å². The largest absolute Gasteiger partial charge is 0.387 e. The van der Waals surface area contributed by atoms with Crippen molar-refractivity contribution >= 4 is 0 Å². The Labute approximate surface area is 120 Å². The van der Waals surface area contributed by atoms with Crippen LogP contribution in [-0.4, -0.2) is 17.7 Å². The summed E-state index contributed by atoms with van der Waals surface area (Å²) >= 11 is 0. The molecule has 2 nitrogen and oxygen atoms in total. The zero-order valence-electron chi connectivity index (χ0n) is 11.6. The predicted molar refractivity (Wildman–Crippen MR) is 81.6 cm³/mol. The molecule has 2 heteroatoms. The van der Waals surface area contributed by atoms with Crippen LogP contribution in [0.2, 0.25) is 0 Å². The van der Waals surface area contributed by atoms with Gasteiger partial charge in [0.05, 0.1) is 6.10 Å². The van der Waals surface area contributed by atoms with E-state index in [1.807, 2.05) is 30.3 Å². The highest BCUT2D eigenvalue weighted by atomic mass is 16.3. The van der Waals surface area contributed by atoms with E-state index in [0.717, 1.165) is 24.9 Å². The molecule has 1 saturated heterocycles. The Morgan fingerprint density at radius 1 is 0.950 bits per heavy atom. The summed E-state index contributed by atoms with van der Waals surface area (Å²) in [5.41, 5.74) is 2.39. The minimum Gasteiger partial charge on any atom is -0.387 e. The molecule has 1 fully saturated rings. The molecule has 0 aliphatic carbocycles. The highest BCUT2D eigenvalue weighted by Gasteiger charge is 2.28. The second-order valence-corrected chi connectivity index (χ2v) is 5.55. The minimum absolute atomic E-state index is 0.136. The van der Waals surface area contributed by atoms with Gasteiger partial charge in [-0.2, -0.15) is 0 Å². The SMILES string of the molecule is O[C@H](c1ccccc1)[C@@H]1CC(c2ccccc2)CCN1. The second-order valence-electron chi connectivity index (χ2n) is 5.55. The first-order valence-electron chi connectivity index (χ1n) is 7.36. The summed E-state index contributed by atoms with van der Waals surface area (Å²) in [5.74, 6) is 0.542. The van der Waals surface area contributed by atoms with Gasteiger partial charge >= 0.3 is 0 Å². The van der Waals surface area contributed by atoms with Crippen molar-refractivity contribution in [2.45, 2.75) is 30.9 Å². The van der Waals surface area contributed by atoms with Crippen molar-refractivity contribution in [1.29, 1.82) is 0 Å². The van der Waals surface area contributed by atoms with Crippen molar-refractivity contribution in [3.63, 3.8) is 0 Å². The summed E-state index contributed by atoms with van der Waals surface area (Å²) in [5, 5.41) is 14.0. The molecule has 2 N–H and O–H groups in total. The average molecular weight is 267 g/mol. The average Bonchev–Trinajstić information content (AvgIpc) is 2.56. The molecule has 20 heavy (non-hydrogen) atoms. The van der Waals surface area contributed by atoms with Gasteiger partial charge in [0.25, 0.3) is 0 Å². The summed E-state index contributed by atoms with van der Waals surface area (Å²) < 4.78 is 0. The number of rotatable bonds is 3. The molecule has 1 aliphatic rings. The maximum atomic E-state index is 10.5. The molecule has 1 unspecified atom stereocenters. The van der Waals surface area contributed by atoms with Gasteiger partial charge in [-0.1, -0.05) is 60.7 Å². The van der Waals surface area contributed by atoms with Crippen molar-refractivity contribution in [2.75, 3.05) is 6.54 Å². The van der Waals surface area contributed by atoms with Crippen molar-refractivity contribution in [2.24, 2.45) is 0 Å². The fourth-order valence-corrected chi connectivity index (χ4v) is 3.10. The third-order valence-corrected chi connectivity index (χ3v) is 4.23. The van der Waals surface area contributed by atoms with Gasteiger partial charge in [0.1, 0.15) is 0 Å². The Morgan fingerprint density at radius 2 is 1.60 bits per heavy atom. The molecule has 0 bridgehead atoms. The number of benzene rings is 2. The molecule has 0 spiro atoms. The van der Waals surface area contributed by atoms with Crippen LogP contribution in [0.1, 0.15) is 36.0 Å².